The van der Waals surface area contributed by atoms with E-state index in [1.54, 1.807) is 19.1 Å². The van der Waals surface area contributed by atoms with Crippen molar-refractivity contribution in [2.45, 2.75) is 19.3 Å². The number of anilines is 1. The molecule has 1 N–H and O–H groups in total. The van der Waals surface area contributed by atoms with Crippen molar-refractivity contribution in [3.8, 4) is 17.2 Å². The lowest BCUT2D eigenvalue weighted by molar-refractivity contribution is 0.142. The summed E-state index contributed by atoms with van der Waals surface area (Å²) in [5.74, 6) is 2.88. The molecule has 172 valence electrons. The lowest BCUT2D eigenvalue weighted by atomic mass is 9.98. The van der Waals surface area contributed by atoms with E-state index in [2.05, 4.69) is 10.2 Å². The van der Waals surface area contributed by atoms with Crippen molar-refractivity contribution in [2.75, 3.05) is 58.5 Å². The highest BCUT2D eigenvalue weighted by atomic mass is 16.5. The third-order valence-electron chi connectivity index (χ3n) is 6.37. The Morgan fingerprint density at radius 3 is 2.47 bits per heavy atom. The summed E-state index contributed by atoms with van der Waals surface area (Å²) in [5.41, 5.74) is 2.01. The number of amides is 2. The van der Waals surface area contributed by atoms with E-state index in [0.29, 0.717) is 30.5 Å². The first-order valence-corrected chi connectivity index (χ1v) is 11.4. The van der Waals surface area contributed by atoms with Gasteiger partial charge in [0.15, 0.2) is 11.5 Å². The number of para-hydroxylation sites is 1. The van der Waals surface area contributed by atoms with Crippen molar-refractivity contribution in [1.82, 2.24) is 10.2 Å². The molecule has 0 spiro atoms. The third-order valence-corrected chi connectivity index (χ3v) is 6.37. The molecule has 0 saturated carbocycles. The minimum absolute atomic E-state index is 0.0536. The molecule has 4 rings (SSSR count). The molecular formula is C25H33N3O4. The van der Waals surface area contributed by atoms with Crippen LogP contribution in [-0.2, 0) is 6.42 Å². The molecule has 32 heavy (non-hydrogen) atoms. The molecule has 2 amide bonds. The Balaban J connectivity index is 1.19. The topological polar surface area (TPSA) is 63.3 Å². The molecule has 2 aromatic carbocycles. The summed E-state index contributed by atoms with van der Waals surface area (Å²) < 4.78 is 16.7. The van der Waals surface area contributed by atoms with Gasteiger partial charge in [0.05, 0.1) is 26.5 Å². The molecular weight excluding hydrogens is 406 g/mol. The normalized spacial score (nSPS) is 16.5. The van der Waals surface area contributed by atoms with Gasteiger partial charge >= 0.3 is 6.03 Å². The van der Waals surface area contributed by atoms with Gasteiger partial charge in [-0.25, -0.2) is 4.79 Å². The number of fused-ring (bicyclic) bond motifs is 1. The van der Waals surface area contributed by atoms with Gasteiger partial charge in [0.2, 0.25) is 0 Å². The van der Waals surface area contributed by atoms with Gasteiger partial charge in [0.1, 0.15) is 5.75 Å². The first kappa shape index (κ1) is 22.3. The molecule has 2 aromatic rings. The van der Waals surface area contributed by atoms with Crippen molar-refractivity contribution in [1.29, 1.82) is 0 Å². The number of piperidine rings is 1. The first-order valence-electron chi connectivity index (χ1n) is 11.4. The molecule has 1 fully saturated rings. The van der Waals surface area contributed by atoms with Crippen LogP contribution >= 0.6 is 0 Å². The van der Waals surface area contributed by atoms with Gasteiger partial charge < -0.3 is 24.4 Å². The maximum atomic E-state index is 12.8. The molecule has 0 bridgehead atoms. The number of hydrogen-bond donors (Lipinski definition) is 1. The summed E-state index contributed by atoms with van der Waals surface area (Å²) in [7, 11) is 3.24. The summed E-state index contributed by atoms with van der Waals surface area (Å²) in [6.45, 7) is 5.04. The fourth-order valence-electron chi connectivity index (χ4n) is 4.45. The lowest BCUT2D eigenvalue weighted by Gasteiger charge is -2.32. The average Bonchev–Trinajstić information content (AvgIpc) is 3.26. The summed E-state index contributed by atoms with van der Waals surface area (Å²) >= 11 is 0. The Morgan fingerprint density at radius 1 is 1.03 bits per heavy atom. The monoisotopic (exact) mass is 439 g/mol. The molecule has 0 aliphatic carbocycles. The zero-order valence-electron chi connectivity index (χ0n) is 19.0. The quantitative estimate of drug-likeness (QED) is 0.681. The van der Waals surface area contributed by atoms with Gasteiger partial charge in [-0.3, -0.25) is 4.90 Å². The molecule has 0 radical (unpaired) electrons. The number of ether oxygens (including phenoxy) is 3. The van der Waals surface area contributed by atoms with Gasteiger partial charge in [-0.05, 0) is 62.0 Å². The third kappa shape index (κ3) is 5.27. The van der Waals surface area contributed by atoms with Crippen LogP contribution in [0.15, 0.2) is 42.5 Å². The van der Waals surface area contributed by atoms with E-state index in [9.17, 15) is 4.79 Å². The van der Waals surface area contributed by atoms with Crippen LogP contribution in [0, 0.1) is 5.92 Å². The maximum absolute atomic E-state index is 12.8. The van der Waals surface area contributed by atoms with Crippen LogP contribution in [0.3, 0.4) is 0 Å². The van der Waals surface area contributed by atoms with Crippen LogP contribution in [-0.4, -0.2) is 64.5 Å². The standard InChI is InChI=1S/C25H33N3O4/c1-30-23-16-20-10-14-28(22(20)17-24(23)31-2)25(29)26-11-15-27-12-8-19(9-13-27)18-32-21-6-4-3-5-7-21/h3-7,16-17,19H,8-15,18H2,1-2H3,(H,26,29). The van der Waals surface area contributed by atoms with Gasteiger partial charge in [0.25, 0.3) is 0 Å². The highest BCUT2D eigenvalue weighted by Crippen LogP contribution is 2.38. The van der Waals surface area contributed by atoms with E-state index in [4.69, 9.17) is 14.2 Å². The first-order chi connectivity index (χ1) is 15.7. The second-order valence-corrected chi connectivity index (χ2v) is 8.38. The highest BCUT2D eigenvalue weighted by Gasteiger charge is 2.27. The summed E-state index contributed by atoms with van der Waals surface area (Å²) in [5, 5.41) is 3.09. The summed E-state index contributed by atoms with van der Waals surface area (Å²) in [4.78, 5) is 17.0. The Hall–Kier alpha value is -2.93. The smallest absolute Gasteiger partial charge is 0.321 e. The molecule has 0 unspecified atom stereocenters. The molecule has 2 heterocycles. The predicted octanol–water partition coefficient (Wildman–Crippen LogP) is 3.57. The van der Waals surface area contributed by atoms with E-state index >= 15 is 0 Å². The highest BCUT2D eigenvalue weighted by molar-refractivity contribution is 5.94. The number of benzene rings is 2. The number of rotatable bonds is 8. The zero-order chi connectivity index (χ0) is 22.3. The lowest BCUT2D eigenvalue weighted by Crippen LogP contribution is -2.44. The fourth-order valence-corrected chi connectivity index (χ4v) is 4.45. The summed E-state index contributed by atoms with van der Waals surface area (Å²) in [6, 6.07) is 13.8. The van der Waals surface area contributed by atoms with Crippen LogP contribution < -0.4 is 24.4 Å². The molecule has 2 aliphatic rings. The van der Waals surface area contributed by atoms with E-state index < -0.39 is 0 Å². The second-order valence-electron chi connectivity index (χ2n) is 8.38. The molecule has 0 atom stereocenters. The van der Waals surface area contributed by atoms with Crippen molar-refractivity contribution >= 4 is 11.7 Å². The van der Waals surface area contributed by atoms with Crippen molar-refractivity contribution in [3.63, 3.8) is 0 Å². The number of nitrogens with zero attached hydrogens (tertiary/aromatic N) is 2. The number of carbonyl (C=O) groups excluding carboxylic acids is 1. The molecule has 7 heteroatoms. The van der Waals surface area contributed by atoms with Gasteiger partial charge in [-0.15, -0.1) is 0 Å². The van der Waals surface area contributed by atoms with Crippen molar-refractivity contribution < 1.29 is 19.0 Å². The Kier molecular flexibility index (Phi) is 7.37. The minimum Gasteiger partial charge on any atom is -0.493 e. The minimum atomic E-state index is -0.0536. The fraction of sp³-hybridized carbons (Fsp3) is 0.480. The predicted molar refractivity (Wildman–Crippen MR) is 125 cm³/mol. The van der Waals surface area contributed by atoms with E-state index in [0.717, 1.165) is 62.5 Å². The second kappa shape index (κ2) is 10.6. The largest absolute Gasteiger partial charge is 0.493 e. The number of carbonyl (C=O) groups is 1. The van der Waals surface area contributed by atoms with Crippen LogP contribution in [0.4, 0.5) is 10.5 Å². The van der Waals surface area contributed by atoms with Gasteiger partial charge in [-0.1, -0.05) is 18.2 Å². The van der Waals surface area contributed by atoms with Crippen molar-refractivity contribution in [3.05, 3.63) is 48.0 Å². The van der Waals surface area contributed by atoms with Gasteiger partial charge in [-0.2, -0.15) is 0 Å². The Morgan fingerprint density at radius 2 is 1.75 bits per heavy atom. The Bertz CT molecular complexity index is 898. The van der Waals surface area contributed by atoms with Crippen LogP contribution in [0.5, 0.6) is 17.2 Å². The molecule has 0 aromatic heterocycles. The number of likely N-dealkylation sites (tertiary alicyclic amines) is 1. The SMILES string of the molecule is COc1cc2c(cc1OC)N(C(=O)NCCN1CCC(COc3ccccc3)CC1)CC2. The van der Waals surface area contributed by atoms with E-state index in [1.807, 2.05) is 42.5 Å². The number of methoxy groups -OCH3 is 2. The summed E-state index contributed by atoms with van der Waals surface area (Å²) in [6.07, 6.45) is 3.07. The maximum Gasteiger partial charge on any atom is 0.321 e. The van der Waals surface area contributed by atoms with Crippen LogP contribution in [0.2, 0.25) is 0 Å². The number of hydrogen-bond acceptors (Lipinski definition) is 5. The molecule has 2 aliphatic heterocycles. The van der Waals surface area contributed by atoms with Crippen molar-refractivity contribution in [2.24, 2.45) is 5.92 Å². The van der Waals surface area contributed by atoms with Crippen LogP contribution in [0.1, 0.15) is 18.4 Å². The number of nitrogens with one attached hydrogen (secondary N) is 1. The van der Waals surface area contributed by atoms with E-state index in [1.165, 1.54) is 0 Å². The molecule has 7 nitrogen and oxygen atoms in total. The number of urea groups is 1. The Labute approximate surface area is 190 Å². The van der Waals surface area contributed by atoms with Gasteiger partial charge in [0, 0.05) is 25.7 Å². The van der Waals surface area contributed by atoms with E-state index in [-0.39, 0.29) is 6.03 Å². The average molecular weight is 440 g/mol. The molecule has 1 saturated heterocycles. The zero-order valence-corrected chi connectivity index (χ0v) is 19.0. The van der Waals surface area contributed by atoms with Crippen LogP contribution in [0.25, 0.3) is 0 Å².